The van der Waals surface area contributed by atoms with Gasteiger partial charge in [-0.25, -0.2) is 19.4 Å². The van der Waals surface area contributed by atoms with Crippen LogP contribution in [0.25, 0.3) is 126 Å². The number of benzene rings is 17. The Labute approximate surface area is 868 Å². The SMILES string of the molecule is C=Cc1cc2cc3c(cc2cc1CCc1cc2cc4c(cc2cc1C)C1=CC=C2c5c(Oc6ccc(C(C)(C)C)cc6)cc6c7c(cc(Oc8ccc(C(C)(C)C)cc8)c(c57)C5=CC=C4C1C25)C(=O)N(c1c(C(C)C)cc(C(=O)O)cc1C(C)C)C6=O)-c1ccc2c4c(Oc5ccc(C(C)(C)C)cc5)cc5c6c(cc(Oc7ccc(C(C)(C)C)cc7)c(c7ccc-3c1c72)c64)C(=O)N(c1c(C(C)C)cc(C(=O)O)cc1C(C)C)C5=O. The van der Waals surface area contributed by atoms with Crippen LogP contribution in [0.2, 0.25) is 0 Å². The Bertz CT molecular complexity index is 8860. The second kappa shape index (κ2) is 33.7. The molecule has 5 aliphatic carbocycles. The maximum atomic E-state index is 16.4. The summed E-state index contributed by atoms with van der Waals surface area (Å²) in [4.78, 5) is 93.9. The van der Waals surface area contributed by atoms with Crippen molar-refractivity contribution in [1.29, 1.82) is 0 Å². The fraction of sp³-hybridized carbons (Fsp3) is 0.244. The molecular weight excluding hydrogens is 1840 g/mol. The zero-order valence-electron chi connectivity index (χ0n) is 88.1. The number of rotatable bonds is 20. The van der Waals surface area contributed by atoms with Gasteiger partial charge in [0.25, 0.3) is 23.6 Å². The van der Waals surface area contributed by atoms with Crippen molar-refractivity contribution in [3.05, 3.63) is 372 Å². The quantitative estimate of drug-likeness (QED) is 0.0418. The molecule has 24 rings (SSSR count). The number of carboxylic acid groups (broad SMARTS) is 2. The molecular formula is C135H118N2O12. The second-order valence-electron chi connectivity index (χ2n) is 47.4. The van der Waals surface area contributed by atoms with Gasteiger partial charge in [-0.2, -0.15) is 0 Å². The molecule has 17 aromatic rings. The van der Waals surface area contributed by atoms with Gasteiger partial charge in [0.15, 0.2) is 0 Å². The van der Waals surface area contributed by atoms with Gasteiger partial charge in [-0.3, -0.25) is 19.2 Å². The summed E-state index contributed by atoms with van der Waals surface area (Å²) < 4.78 is 29.4. The highest BCUT2D eigenvalue weighted by atomic mass is 16.5. The van der Waals surface area contributed by atoms with Crippen LogP contribution in [0.3, 0.4) is 0 Å². The maximum absolute atomic E-state index is 16.4. The lowest BCUT2D eigenvalue weighted by atomic mass is 9.62. The highest BCUT2D eigenvalue weighted by Gasteiger charge is 2.52. The highest BCUT2D eigenvalue weighted by molar-refractivity contribution is 6.46. The van der Waals surface area contributed by atoms with Gasteiger partial charge < -0.3 is 29.2 Å². The van der Waals surface area contributed by atoms with Crippen molar-refractivity contribution >= 4 is 151 Å². The number of carbonyl (C=O) groups excluding carboxylic acids is 4. The molecule has 2 heterocycles. The predicted molar refractivity (Wildman–Crippen MR) is 605 cm³/mol. The first kappa shape index (κ1) is 95.2. The van der Waals surface area contributed by atoms with Crippen LogP contribution in [-0.4, -0.2) is 45.8 Å². The van der Waals surface area contributed by atoms with Crippen molar-refractivity contribution in [2.75, 3.05) is 9.80 Å². The number of nitrogens with zero attached hydrogens (tertiary/aromatic N) is 2. The van der Waals surface area contributed by atoms with Gasteiger partial charge in [0.05, 0.1) is 44.8 Å². The summed E-state index contributed by atoms with van der Waals surface area (Å²) in [6.45, 7) is 48.5. The van der Waals surface area contributed by atoms with E-state index in [9.17, 15) is 19.8 Å². The Morgan fingerprint density at radius 1 is 0.322 bits per heavy atom. The highest BCUT2D eigenvalue weighted by Crippen LogP contribution is 2.67. The Hall–Kier alpha value is -16.1. The van der Waals surface area contributed by atoms with Gasteiger partial charge in [0.2, 0.25) is 0 Å². The number of imide groups is 2. The fourth-order valence-corrected chi connectivity index (χ4v) is 24.8. The van der Waals surface area contributed by atoms with E-state index in [1.165, 1.54) is 43.2 Å². The van der Waals surface area contributed by atoms with Gasteiger partial charge in [0.1, 0.15) is 46.0 Å². The molecule has 0 fully saturated rings. The van der Waals surface area contributed by atoms with Gasteiger partial charge >= 0.3 is 11.9 Å². The largest absolute Gasteiger partial charge is 0.478 e. The van der Waals surface area contributed by atoms with Crippen molar-refractivity contribution in [2.45, 2.75) is 204 Å². The molecule has 14 heteroatoms. The molecule has 0 radical (unpaired) electrons. The summed E-state index contributed by atoms with van der Waals surface area (Å²) in [6.07, 6.45) is 12.6. The molecule has 2 atom stereocenters. The minimum absolute atomic E-state index is 0.0734. The van der Waals surface area contributed by atoms with E-state index in [0.717, 1.165) is 134 Å². The monoisotopic (exact) mass is 1960 g/mol. The zero-order valence-corrected chi connectivity index (χ0v) is 88.1. The molecule has 740 valence electrons. The van der Waals surface area contributed by atoms with Crippen LogP contribution in [0, 0.1) is 18.8 Å². The van der Waals surface area contributed by atoms with Crippen LogP contribution >= 0.6 is 0 Å². The summed E-state index contributed by atoms with van der Waals surface area (Å²) in [5.74, 6) is -1.98. The van der Waals surface area contributed by atoms with Crippen molar-refractivity contribution in [1.82, 2.24) is 0 Å². The smallest absolute Gasteiger partial charge is 0.335 e. The standard InChI is InChI=1S/C135H118N2O12/c1-23-71-51-75-55-101-89-43-47-94-115-95(121-111(149-87-40-32-83(33-41-87)135(20,21)22)65-107-117-106(64-110(120(94)123(117)121)148-86-38-30-82(31-39-86)134(17,18)19)128(140)137(129(107)141)125-98(68(6)7)60-79(131(144)145)61-99(125)69(8)9)49-45-91(113(89)115)103(101)57-77(75)53-73(71)25-24-72-52-76-56-102-90-44-48-93-114-92(46-42-88(112(90)114)100(102)54-74(76)50-70(72)10)118-108(146-84-34-26-80(27-35-84)132(11,12)13)62-104-116-105(63-109(119(93)122(116)118)147-85-36-28-81(29-37-85)133(14,15)16)127(139)136(126(104)138)124-96(66(2)3)58-78(130(142)143)59-97(124)67(4)5/h23,26-69,112,114H,1,24-25H2,2-22H3,(H,142,143)(H,144,145). The first-order chi connectivity index (χ1) is 70.9. The summed E-state index contributed by atoms with van der Waals surface area (Å²) in [5.41, 5.74) is 25.4. The number of carboxylic acids is 2. The molecule has 0 aromatic heterocycles. The normalized spacial score (nSPS) is 15.5. The number of ether oxygens (including phenoxy) is 4. The molecule has 2 aliphatic heterocycles. The zero-order chi connectivity index (χ0) is 104. The van der Waals surface area contributed by atoms with Crippen molar-refractivity contribution in [2.24, 2.45) is 11.8 Å². The third-order valence-corrected chi connectivity index (χ3v) is 32.5. The number of anilines is 2. The minimum atomic E-state index is -1.11. The topological polar surface area (TPSA) is 186 Å². The van der Waals surface area contributed by atoms with Gasteiger partial charge in [-0.15, -0.1) is 0 Å². The Balaban J connectivity index is 0.618. The number of allylic oxidation sites excluding steroid dienone is 8. The average Bonchev–Trinajstić information content (AvgIpc) is 1.66. The Kier molecular flexibility index (Phi) is 21.5. The molecule has 17 aromatic carbocycles. The second-order valence-corrected chi connectivity index (χ2v) is 47.4. The number of hydrogen-bond donors (Lipinski definition) is 2. The first-order valence-corrected chi connectivity index (χ1v) is 52.2. The molecule has 7 aliphatic rings. The van der Waals surface area contributed by atoms with E-state index >= 15 is 19.2 Å². The minimum Gasteiger partial charge on any atom is -0.478 e. The van der Waals surface area contributed by atoms with E-state index in [0.29, 0.717) is 112 Å². The Morgan fingerprint density at radius 2 is 0.624 bits per heavy atom. The van der Waals surface area contributed by atoms with Crippen LogP contribution in [0.5, 0.6) is 46.0 Å². The van der Waals surface area contributed by atoms with E-state index in [4.69, 9.17) is 18.9 Å². The molecule has 149 heavy (non-hydrogen) atoms. The number of fused-ring (bicyclic) bond motifs is 12. The summed E-state index contributed by atoms with van der Waals surface area (Å²) in [6, 6.07) is 74.1. The Morgan fingerprint density at radius 3 is 0.973 bits per heavy atom. The first-order valence-electron chi connectivity index (χ1n) is 52.2. The van der Waals surface area contributed by atoms with Crippen molar-refractivity contribution in [3.63, 3.8) is 0 Å². The van der Waals surface area contributed by atoms with Crippen LogP contribution in [0.1, 0.15) is 313 Å². The van der Waals surface area contributed by atoms with E-state index in [1.54, 1.807) is 24.3 Å². The van der Waals surface area contributed by atoms with E-state index < -0.39 is 35.6 Å². The number of aromatic carboxylic acids is 2. The van der Waals surface area contributed by atoms with Crippen LogP contribution in [0.4, 0.5) is 11.4 Å². The predicted octanol–water partition coefficient (Wildman–Crippen LogP) is 35.0. The average molecular weight is 1960 g/mol. The molecule has 2 unspecified atom stereocenters. The van der Waals surface area contributed by atoms with Crippen molar-refractivity contribution in [3.8, 4) is 68.2 Å². The number of aryl methyl sites for hydroxylation is 3. The number of hydrogen-bond acceptors (Lipinski definition) is 10. The molecule has 2 N–H and O–H groups in total. The van der Waals surface area contributed by atoms with Crippen LogP contribution in [-0.2, 0) is 34.5 Å². The van der Waals surface area contributed by atoms with E-state index in [1.807, 2.05) is 134 Å². The van der Waals surface area contributed by atoms with Gasteiger partial charge in [-0.1, -0.05) is 266 Å². The molecule has 0 saturated carbocycles. The number of amides is 4. The number of carbonyl (C=O) groups is 6. The maximum Gasteiger partial charge on any atom is 0.335 e. The van der Waals surface area contributed by atoms with Crippen LogP contribution in [0.15, 0.2) is 249 Å². The van der Waals surface area contributed by atoms with E-state index in [-0.39, 0.29) is 90.5 Å². The van der Waals surface area contributed by atoms with Gasteiger partial charge in [-0.05, 0) is 358 Å². The van der Waals surface area contributed by atoms with E-state index in [2.05, 4.69) is 242 Å². The molecule has 0 spiro atoms. The third-order valence-electron chi connectivity index (χ3n) is 32.5. The molecule has 14 nitrogen and oxygen atoms in total. The molecule has 0 saturated heterocycles. The lowest BCUT2D eigenvalue weighted by Gasteiger charge is -2.42. The van der Waals surface area contributed by atoms with Gasteiger partial charge in [0, 0.05) is 55.3 Å². The van der Waals surface area contributed by atoms with Crippen LogP contribution < -0.4 is 28.7 Å². The lowest BCUT2D eigenvalue weighted by Crippen LogP contribution is -2.42. The molecule has 4 amide bonds. The fourth-order valence-electron chi connectivity index (χ4n) is 24.8. The summed E-state index contributed by atoms with van der Waals surface area (Å²) in [7, 11) is 0. The molecule has 0 bridgehead atoms. The summed E-state index contributed by atoms with van der Waals surface area (Å²) >= 11 is 0. The van der Waals surface area contributed by atoms with Crippen molar-refractivity contribution < 1.29 is 57.9 Å². The third kappa shape index (κ3) is 14.9. The summed E-state index contributed by atoms with van der Waals surface area (Å²) in [5, 5.41) is 33.1. The lowest BCUT2D eigenvalue weighted by molar-refractivity contribution is 0.0686.